The average molecular weight is 307 g/mol. The highest BCUT2D eigenvalue weighted by Crippen LogP contribution is 2.21. The van der Waals surface area contributed by atoms with Crippen molar-refractivity contribution in [1.82, 2.24) is 14.8 Å². The minimum atomic E-state index is -1.02. The molecule has 2 atom stereocenters. The van der Waals surface area contributed by atoms with Gasteiger partial charge < -0.3 is 15.6 Å². The number of amides is 2. The Labute approximate surface area is 127 Å². The maximum atomic E-state index is 13.6. The first-order valence-electron chi connectivity index (χ1n) is 6.91. The van der Waals surface area contributed by atoms with Gasteiger partial charge in [-0.1, -0.05) is 0 Å². The van der Waals surface area contributed by atoms with E-state index >= 15 is 0 Å². The number of hydrogen-bond donors (Lipinski definition) is 2. The number of nitrogens with zero attached hydrogens (tertiary/aromatic N) is 3. The van der Waals surface area contributed by atoms with E-state index in [2.05, 4.69) is 4.98 Å². The number of H-pyrrole nitrogens is 1. The van der Waals surface area contributed by atoms with Crippen LogP contribution in [0, 0.1) is 11.3 Å². The second kappa shape index (κ2) is 6.58. The van der Waals surface area contributed by atoms with Gasteiger partial charge in [0.2, 0.25) is 5.91 Å². The number of likely N-dealkylation sites (N-methyl/N-ethyl adjacent to an activating group) is 1. The highest BCUT2D eigenvalue weighted by molar-refractivity contribution is 5.92. The van der Waals surface area contributed by atoms with Gasteiger partial charge in [-0.05, 0) is 12.5 Å². The molecule has 0 bridgehead atoms. The summed E-state index contributed by atoms with van der Waals surface area (Å²) in [6, 6.07) is 3.15. The smallest absolute Gasteiger partial charge is 0.270 e. The standard InChI is InChI=1S/C14H18FN5O2/c1-19(14(22)12-2-9(4-16)5-18-12)7-11-3-10(15)6-20(11)8-13(17)21/h2,5,10-11,18H,3,6-8H2,1H3,(H2,17,21)/t10-,11-/m0/s1. The highest BCUT2D eigenvalue weighted by Gasteiger charge is 2.34. The molecule has 7 nitrogen and oxygen atoms in total. The molecule has 1 saturated heterocycles. The molecule has 22 heavy (non-hydrogen) atoms. The van der Waals surface area contributed by atoms with Crippen molar-refractivity contribution in [3.8, 4) is 6.07 Å². The third-order valence-corrected chi connectivity index (χ3v) is 3.71. The maximum Gasteiger partial charge on any atom is 0.270 e. The molecule has 1 aromatic heterocycles. The molecule has 2 heterocycles. The van der Waals surface area contributed by atoms with Crippen LogP contribution in [0.2, 0.25) is 0 Å². The first-order valence-corrected chi connectivity index (χ1v) is 6.91. The van der Waals surface area contributed by atoms with Crippen LogP contribution in [0.15, 0.2) is 12.3 Å². The van der Waals surface area contributed by atoms with Crippen LogP contribution < -0.4 is 5.73 Å². The van der Waals surface area contributed by atoms with Gasteiger partial charge in [0.25, 0.3) is 5.91 Å². The van der Waals surface area contributed by atoms with Gasteiger partial charge in [0, 0.05) is 32.4 Å². The van der Waals surface area contributed by atoms with Crippen molar-refractivity contribution >= 4 is 11.8 Å². The summed E-state index contributed by atoms with van der Waals surface area (Å²) in [5.74, 6) is -0.807. The van der Waals surface area contributed by atoms with Crippen LogP contribution in [0.1, 0.15) is 22.5 Å². The lowest BCUT2D eigenvalue weighted by Gasteiger charge is -2.27. The van der Waals surface area contributed by atoms with Crippen LogP contribution >= 0.6 is 0 Å². The van der Waals surface area contributed by atoms with Crippen LogP contribution in [0.5, 0.6) is 0 Å². The Balaban J connectivity index is 2.00. The first-order chi connectivity index (χ1) is 10.4. The molecule has 2 rings (SSSR count). The number of nitrogens with one attached hydrogen (secondary N) is 1. The molecule has 1 aromatic rings. The largest absolute Gasteiger partial charge is 0.369 e. The van der Waals surface area contributed by atoms with Crippen molar-refractivity contribution in [3.05, 3.63) is 23.5 Å². The number of rotatable bonds is 5. The Morgan fingerprint density at radius 2 is 2.36 bits per heavy atom. The van der Waals surface area contributed by atoms with E-state index in [0.717, 1.165) is 0 Å². The number of carbonyl (C=O) groups is 2. The summed E-state index contributed by atoms with van der Waals surface area (Å²) in [6.45, 7) is 0.415. The molecule has 0 aliphatic carbocycles. The minimum absolute atomic E-state index is 0.0196. The number of hydrogen-bond acceptors (Lipinski definition) is 4. The van der Waals surface area contributed by atoms with Gasteiger partial charge in [0.15, 0.2) is 0 Å². The van der Waals surface area contributed by atoms with Gasteiger partial charge in [-0.2, -0.15) is 5.26 Å². The van der Waals surface area contributed by atoms with E-state index in [1.165, 1.54) is 17.2 Å². The van der Waals surface area contributed by atoms with E-state index in [1.54, 1.807) is 11.9 Å². The van der Waals surface area contributed by atoms with Gasteiger partial charge in [0.1, 0.15) is 17.9 Å². The molecule has 0 spiro atoms. The van der Waals surface area contributed by atoms with Gasteiger partial charge in [-0.15, -0.1) is 0 Å². The summed E-state index contributed by atoms with van der Waals surface area (Å²) in [5.41, 5.74) is 5.83. The molecule has 1 fully saturated rings. The lowest BCUT2D eigenvalue weighted by Crippen LogP contribution is -2.44. The molecular weight excluding hydrogens is 289 g/mol. The summed E-state index contributed by atoms with van der Waals surface area (Å²) < 4.78 is 13.6. The number of aromatic amines is 1. The molecule has 0 unspecified atom stereocenters. The molecule has 1 aliphatic heterocycles. The molecule has 0 saturated carbocycles. The number of aromatic nitrogens is 1. The number of primary amides is 1. The fraction of sp³-hybridized carbons (Fsp3) is 0.500. The van der Waals surface area contributed by atoms with Crippen LogP contribution in [-0.4, -0.2) is 65.5 Å². The van der Waals surface area contributed by atoms with Crippen LogP contribution in [-0.2, 0) is 4.79 Å². The van der Waals surface area contributed by atoms with Gasteiger partial charge >= 0.3 is 0 Å². The molecule has 2 amide bonds. The zero-order valence-corrected chi connectivity index (χ0v) is 12.3. The molecule has 118 valence electrons. The molecule has 0 aromatic carbocycles. The second-order valence-corrected chi connectivity index (χ2v) is 5.48. The van der Waals surface area contributed by atoms with Crippen molar-refractivity contribution in [2.75, 3.05) is 26.7 Å². The molecule has 1 aliphatic rings. The quantitative estimate of drug-likeness (QED) is 0.789. The van der Waals surface area contributed by atoms with E-state index in [1.807, 2.05) is 6.07 Å². The molecular formula is C14H18FN5O2. The first kappa shape index (κ1) is 16.0. The highest BCUT2D eigenvalue weighted by atomic mass is 19.1. The average Bonchev–Trinajstić information content (AvgIpc) is 3.04. The van der Waals surface area contributed by atoms with E-state index in [0.29, 0.717) is 11.3 Å². The maximum absolute atomic E-state index is 13.6. The summed E-state index contributed by atoms with van der Waals surface area (Å²) in [4.78, 5) is 29.1. The lowest BCUT2D eigenvalue weighted by molar-refractivity contribution is -0.119. The normalized spacial score (nSPS) is 21.5. The van der Waals surface area contributed by atoms with E-state index in [-0.39, 0.29) is 38.0 Å². The zero-order valence-electron chi connectivity index (χ0n) is 12.3. The van der Waals surface area contributed by atoms with Crippen molar-refractivity contribution in [2.45, 2.75) is 18.6 Å². The number of nitriles is 1. The van der Waals surface area contributed by atoms with E-state index in [9.17, 15) is 14.0 Å². The Morgan fingerprint density at radius 1 is 1.64 bits per heavy atom. The second-order valence-electron chi connectivity index (χ2n) is 5.48. The van der Waals surface area contributed by atoms with Gasteiger partial charge in [-0.3, -0.25) is 14.5 Å². The summed E-state index contributed by atoms with van der Waals surface area (Å²) in [5, 5.41) is 8.76. The van der Waals surface area contributed by atoms with Gasteiger partial charge in [-0.25, -0.2) is 4.39 Å². The Hall–Kier alpha value is -2.40. The molecule has 3 N–H and O–H groups in total. The molecule has 8 heteroatoms. The van der Waals surface area contributed by atoms with Crippen molar-refractivity contribution in [3.63, 3.8) is 0 Å². The number of likely N-dealkylation sites (tertiary alicyclic amines) is 1. The van der Waals surface area contributed by atoms with E-state index in [4.69, 9.17) is 11.0 Å². The zero-order chi connectivity index (χ0) is 16.3. The van der Waals surface area contributed by atoms with Gasteiger partial charge in [0.05, 0.1) is 12.1 Å². The van der Waals surface area contributed by atoms with E-state index < -0.39 is 12.1 Å². The number of carbonyl (C=O) groups excluding carboxylic acids is 2. The topological polar surface area (TPSA) is 106 Å². The Bertz CT molecular complexity index is 609. The monoisotopic (exact) mass is 307 g/mol. The van der Waals surface area contributed by atoms with Crippen molar-refractivity contribution < 1.29 is 14.0 Å². The molecule has 0 radical (unpaired) electrons. The SMILES string of the molecule is CN(C[C@@H]1C[C@H](F)CN1CC(N)=O)C(=O)c1cc(C#N)c[nH]1. The summed E-state index contributed by atoms with van der Waals surface area (Å²) >= 11 is 0. The number of alkyl halides is 1. The van der Waals surface area contributed by atoms with Crippen LogP contribution in [0.25, 0.3) is 0 Å². The fourth-order valence-electron chi connectivity index (χ4n) is 2.69. The Kier molecular flexibility index (Phi) is 4.78. The number of halogens is 1. The van der Waals surface area contributed by atoms with Crippen molar-refractivity contribution in [1.29, 1.82) is 5.26 Å². The predicted molar refractivity (Wildman–Crippen MR) is 76.5 cm³/mol. The summed E-state index contributed by atoms with van der Waals surface area (Å²) in [7, 11) is 1.60. The lowest BCUT2D eigenvalue weighted by atomic mass is 10.2. The van der Waals surface area contributed by atoms with Crippen LogP contribution in [0.3, 0.4) is 0 Å². The third-order valence-electron chi connectivity index (χ3n) is 3.71. The van der Waals surface area contributed by atoms with Crippen molar-refractivity contribution in [2.24, 2.45) is 5.73 Å². The Morgan fingerprint density at radius 3 is 2.95 bits per heavy atom. The number of nitrogens with two attached hydrogens (primary N) is 1. The van der Waals surface area contributed by atoms with Crippen LogP contribution in [0.4, 0.5) is 4.39 Å². The summed E-state index contributed by atoms with van der Waals surface area (Å²) in [6.07, 6.45) is 0.690. The minimum Gasteiger partial charge on any atom is -0.369 e. The third kappa shape index (κ3) is 3.62. The fourth-order valence-corrected chi connectivity index (χ4v) is 2.69. The predicted octanol–water partition coefficient (Wildman–Crippen LogP) is -0.144.